The Bertz CT molecular complexity index is 629. The average Bonchev–Trinajstić information content (AvgIpc) is 2.90. The number of benzene rings is 1. The Balaban J connectivity index is 2.24. The minimum Gasteiger partial charge on any atom is -0.467 e. The highest BCUT2D eigenvalue weighted by Gasteiger charge is 2.35. The van der Waals surface area contributed by atoms with Crippen LogP contribution in [-0.4, -0.2) is 29.5 Å². The van der Waals surface area contributed by atoms with Gasteiger partial charge in [0.15, 0.2) is 0 Å². The summed E-state index contributed by atoms with van der Waals surface area (Å²) in [5, 5.41) is 3.73. The standard InChI is InChI=1S/C16H20N2O3/c1-4-9-16(2,15(20)21-3)18-14(19)13-10-11-7-5-6-8-12(11)17-13/h5-8,10,17H,4,9H2,1-3H3,(H,18,19). The van der Waals surface area contributed by atoms with Crippen LogP contribution >= 0.6 is 0 Å². The van der Waals surface area contributed by atoms with E-state index >= 15 is 0 Å². The molecule has 1 amide bonds. The smallest absolute Gasteiger partial charge is 0.331 e. The van der Waals surface area contributed by atoms with Gasteiger partial charge in [0.05, 0.1) is 7.11 Å². The molecule has 2 N–H and O–H groups in total. The lowest BCUT2D eigenvalue weighted by molar-refractivity contribution is -0.147. The molecule has 0 bridgehead atoms. The summed E-state index contributed by atoms with van der Waals surface area (Å²) in [5.74, 6) is -0.749. The molecule has 0 aliphatic heterocycles. The zero-order chi connectivity index (χ0) is 15.5. The summed E-state index contributed by atoms with van der Waals surface area (Å²) < 4.78 is 4.80. The molecule has 5 heteroatoms. The number of carbonyl (C=O) groups is 2. The monoisotopic (exact) mass is 288 g/mol. The second kappa shape index (κ2) is 5.99. The number of hydrogen-bond donors (Lipinski definition) is 2. The summed E-state index contributed by atoms with van der Waals surface area (Å²) >= 11 is 0. The predicted octanol–water partition coefficient (Wildman–Crippen LogP) is 2.63. The number of rotatable bonds is 5. The molecule has 5 nitrogen and oxygen atoms in total. The molecule has 0 saturated carbocycles. The highest BCUT2D eigenvalue weighted by molar-refractivity contribution is 6.00. The highest BCUT2D eigenvalue weighted by atomic mass is 16.5. The van der Waals surface area contributed by atoms with E-state index in [0.29, 0.717) is 12.1 Å². The summed E-state index contributed by atoms with van der Waals surface area (Å²) in [6, 6.07) is 9.41. The quantitative estimate of drug-likeness (QED) is 0.831. The van der Waals surface area contributed by atoms with Crippen LogP contribution in [0.15, 0.2) is 30.3 Å². The maximum atomic E-state index is 12.4. The van der Waals surface area contributed by atoms with Crippen LogP contribution in [0.5, 0.6) is 0 Å². The van der Waals surface area contributed by atoms with Crippen molar-refractivity contribution in [2.45, 2.75) is 32.2 Å². The van der Waals surface area contributed by atoms with Gasteiger partial charge in [0.1, 0.15) is 11.2 Å². The third-order valence-electron chi connectivity index (χ3n) is 3.55. The summed E-state index contributed by atoms with van der Waals surface area (Å²) in [6.45, 7) is 3.64. The first-order valence-electron chi connectivity index (χ1n) is 6.99. The fraction of sp³-hybridized carbons (Fsp3) is 0.375. The number of ether oxygens (including phenoxy) is 1. The Kier molecular flexibility index (Phi) is 4.31. The molecule has 1 aromatic heterocycles. The van der Waals surface area contributed by atoms with Gasteiger partial charge in [-0.3, -0.25) is 4.79 Å². The van der Waals surface area contributed by atoms with Gasteiger partial charge in [-0.25, -0.2) is 4.79 Å². The molecule has 2 aromatic rings. The molecule has 1 aromatic carbocycles. The van der Waals surface area contributed by atoms with Gasteiger partial charge < -0.3 is 15.0 Å². The minimum absolute atomic E-state index is 0.312. The van der Waals surface area contributed by atoms with Crippen molar-refractivity contribution >= 4 is 22.8 Å². The van der Waals surface area contributed by atoms with Gasteiger partial charge in [0.25, 0.3) is 5.91 Å². The average molecular weight is 288 g/mol. The Labute approximate surface area is 123 Å². The number of carbonyl (C=O) groups excluding carboxylic acids is 2. The molecule has 1 unspecified atom stereocenters. The number of methoxy groups -OCH3 is 1. The van der Waals surface area contributed by atoms with Crippen LogP contribution in [0.3, 0.4) is 0 Å². The van der Waals surface area contributed by atoms with Crippen molar-refractivity contribution < 1.29 is 14.3 Å². The molecule has 21 heavy (non-hydrogen) atoms. The van der Waals surface area contributed by atoms with Crippen LogP contribution in [-0.2, 0) is 9.53 Å². The Morgan fingerprint density at radius 2 is 2.05 bits per heavy atom. The SMILES string of the molecule is CCCC(C)(NC(=O)c1cc2ccccc2[nH]1)C(=O)OC. The number of para-hydroxylation sites is 1. The Morgan fingerprint density at radius 3 is 2.67 bits per heavy atom. The lowest BCUT2D eigenvalue weighted by Crippen LogP contribution is -2.52. The van der Waals surface area contributed by atoms with Gasteiger partial charge in [-0.05, 0) is 25.5 Å². The van der Waals surface area contributed by atoms with Crippen molar-refractivity contribution in [1.29, 1.82) is 0 Å². The first-order valence-corrected chi connectivity index (χ1v) is 6.99. The third kappa shape index (κ3) is 3.07. The van der Waals surface area contributed by atoms with Crippen LogP contribution < -0.4 is 5.32 Å². The van der Waals surface area contributed by atoms with Gasteiger partial charge in [-0.15, -0.1) is 0 Å². The van der Waals surface area contributed by atoms with Crippen LogP contribution in [0.1, 0.15) is 37.2 Å². The van der Waals surface area contributed by atoms with Crippen molar-refractivity contribution in [3.05, 3.63) is 36.0 Å². The molecule has 0 radical (unpaired) electrons. The Morgan fingerprint density at radius 1 is 1.33 bits per heavy atom. The first-order chi connectivity index (χ1) is 10.00. The highest BCUT2D eigenvalue weighted by Crippen LogP contribution is 2.18. The molecule has 0 spiro atoms. The van der Waals surface area contributed by atoms with Gasteiger partial charge >= 0.3 is 5.97 Å². The molecule has 1 heterocycles. The fourth-order valence-corrected chi connectivity index (χ4v) is 2.45. The van der Waals surface area contributed by atoms with E-state index in [1.54, 1.807) is 13.0 Å². The zero-order valence-corrected chi connectivity index (χ0v) is 12.5. The Hall–Kier alpha value is -2.30. The summed E-state index contributed by atoms with van der Waals surface area (Å²) in [5.41, 5.74) is 0.304. The molecular formula is C16H20N2O3. The fourth-order valence-electron chi connectivity index (χ4n) is 2.45. The van der Waals surface area contributed by atoms with Gasteiger partial charge in [-0.1, -0.05) is 31.5 Å². The van der Waals surface area contributed by atoms with Crippen LogP contribution in [0.4, 0.5) is 0 Å². The number of hydrogen-bond acceptors (Lipinski definition) is 3. The van der Waals surface area contributed by atoms with Crippen molar-refractivity contribution in [3.63, 3.8) is 0 Å². The molecule has 1 atom stereocenters. The molecule has 0 fully saturated rings. The number of fused-ring (bicyclic) bond motifs is 1. The normalized spacial score (nSPS) is 13.7. The zero-order valence-electron chi connectivity index (χ0n) is 12.5. The molecular weight excluding hydrogens is 268 g/mol. The molecule has 0 saturated heterocycles. The number of aromatic amines is 1. The number of nitrogens with one attached hydrogen (secondary N) is 2. The maximum absolute atomic E-state index is 12.4. The summed E-state index contributed by atoms with van der Waals surface area (Å²) in [4.78, 5) is 27.3. The summed E-state index contributed by atoms with van der Waals surface area (Å²) in [6.07, 6.45) is 1.28. The maximum Gasteiger partial charge on any atom is 0.331 e. The lowest BCUT2D eigenvalue weighted by atomic mass is 9.96. The van der Waals surface area contributed by atoms with E-state index in [4.69, 9.17) is 4.74 Å². The van der Waals surface area contributed by atoms with Gasteiger partial charge in [0, 0.05) is 10.9 Å². The van der Waals surface area contributed by atoms with E-state index < -0.39 is 11.5 Å². The van der Waals surface area contributed by atoms with Crippen molar-refractivity contribution in [2.24, 2.45) is 0 Å². The van der Waals surface area contributed by atoms with Crippen LogP contribution in [0, 0.1) is 0 Å². The van der Waals surface area contributed by atoms with Gasteiger partial charge in [0.2, 0.25) is 0 Å². The van der Waals surface area contributed by atoms with Crippen molar-refractivity contribution in [1.82, 2.24) is 10.3 Å². The number of esters is 1. The number of amides is 1. The lowest BCUT2D eigenvalue weighted by Gasteiger charge is -2.27. The number of aromatic nitrogens is 1. The van der Waals surface area contributed by atoms with Crippen molar-refractivity contribution in [3.8, 4) is 0 Å². The van der Waals surface area contributed by atoms with Gasteiger partial charge in [-0.2, -0.15) is 0 Å². The minimum atomic E-state index is -1.02. The predicted molar refractivity (Wildman–Crippen MR) is 81.1 cm³/mol. The summed E-state index contributed by atoms with van der Waals surface area (Å²) in [7, 11) is 1.32. The van der Waals surface area contributed by atoms with Crippen LogP contribution in [0.25, 0.3) is 10.9 Å². The molecule has 0 aliphatic rings. The topological polar surface area (TPSA) is 71.2 Å². The second-order valence-corrected chi connectivity index (χ2v) is 5.30. The number of H-pyrrole nitrogens is 1. The van der Waals surface area contributed by atoms with E-state index in [1.165, 1.54) is 7.11 Å². The largest absolute Gasteiger partial charge is 0.467 e. The van der Waals surface area contributed by atoms with E-state index in [9.17, 15) is 9.59 Å². The third-order valence-corrected chi connectivity index (χ3v) is 3.55. The molecule has 2 rings (SSSR count). The van der Waals surface area contributed by atoms with E-state index in [0.717, 1.165) is 17.3 Å². The molecule has 0 aliphatic carbocycles. The first kappa shape index (κ1) is 15.1. The van der Waals surface area contributed by atoms with E-state index in [2.05, 4.69) is 10.3 Å². The van der Waals surface area contributed by atoms with E-state index in [-0.39, 0.29) is 5.91 Å². The van der Waals surface area contributed by atoms with E-state index in [1.807, 2.05) is 31.2 Å². The molecule has 112 valence electrons. The second-order valence-electron chi connectivity index (χ2n) is 5.30. The van der Waals surface area contributed by atoms with Crippen molar-refractivity contribution in [2.75, 3.05) is 7.11 Å². The van der Waals surface area contributed by atoms with Crippen LogP contribution in [0.2, 0.25) is 0 Å².